The fourth-order valence-corrected chi connectivity index (χ4v) is 1.95. The minimum atomic E-state index is -0.509. The fourth-order valence-electron chi connectivity index (χ4n) is 1.95. The highest BCUT2D eigenvalue weighted by atomic mass is 16.6. The van der Waals surface area contributed by atoms with Crippen molar-refractivity contribution < 1.29 is 9.72 Å². The lowest BCUT2D eigenvalue weighted by molar-refractivity contribution is -0.385. The van der Waals surface area contributed by atoms with Gasteiger partial charge in [-0.25, -0.2) is 0 Å². The Bertz CT molecular complexity index is 503. The summed E-state index contributed by atoms with van der Waals surface area (Å²) in [6, 6.07) is 4.59. The van der Waals surface area contributed by atoms with Gasteiger partial charge in [-0.15, -0.1) is 0 Å². The molecule has 1 amide bonds. The molecule has 0 radical (unpaired) electrons. The summed E-state index contributed by atoms with van der Waals surface area (Å²) in [6.45, 7) is 5.43. The number of hydrogen-bond acceptors (Lipinski definition) is 4. The van der Waals surface area contributed by atoms with Crippen LogP contribution in [0, 0.1) is 10.1 Å². The average Bonchev–Trinajstić information content (AvgIpc) is 2.49. The van der Waals surface area contributed by atoms with Crippen LogP contribution in [0.5, 0.6) is 0 Å². The highest BCUT2D eigenvalue weighted by Crippen LogP contribution is 2.24. The summed E-state index contributed by atoms with van der Waals surface area (Å²) in [5.41, 5.74) is 0.722. The number of benzene rings is 1. The van der Waals surface area contributed by atoms with E-state index < -0.39 is 4.92 Å². The molecule has 0 fully saturated rings. The van der Waals surface area contributed by atoms with Crippen LogP contribution >= 0.6 is 0 Å². The SMILES string of the molecule is CCCCN(C)C(=O)c1cc(NCCC)ccc1[N+](=O)[O-]. The highest BCUT2D eigenvalue weighted by Gasteiger charge is 2.23. The zero-order valence-electron chi connectivity index (χ0n) is 12.9. The Morgan fingerprint density at radius 1 is 1.33 bits per heavy atom. The van der Waals surface area contributed by atoms with Gasteiger partial charge in [0, 0.05) is 31.9 Å². The van der Waals surface area contributed by atoms with Crippen molar-refractivity contribution in [3.8, 4) is 0 Å². The lowest BCUT2D eigenvalue weighted by Crippen LogP contribution is -2.28. The number of anilines is 1. The van der Waals surface area contributed by atoms with Crippen LogP contribution in [0.25, 0.3) is 0 Å². The van der Waals surface area contributed by atoms with Crippen LogP contribution in [0.15, 0.2) is 18.2 Å². The van der Waals surface area contributed by atoms with Crippen molar-refractivity contribution in [3.63, 3.8) is 0 Å². The Morgan fingerprint density at radius 2 is 2.05 bits per heavy atom. The first-order valence-electron chi connectivity index (χ1n) is 7.29. The van der Waals surface area contributed by atoms with Gasteiger partial charge < -0.3 is 10.2 Å². The highest BCUT2D eigenvalue weighted by molar-refractivity contribution is 5.99. The molecule has 116 valence electrons. The quantitative estimate of drug-likeness (QED) is 0.589. The molecule has 0 aliphatic carbocycles. The third-order valence-corrected chi connectivity index (χ3v) is 3.20. The number of carbonyl (C=O) groups is 1. The third kappa shape index (κ3) is 4.73. The van der Waals surface area contributed by atoms with Crippen LogP contribution in [-0.4, -0.2) is 35.9 Å². The molecule has 0 spiro atoms. The van der Waals surface area contributed by atoms with Crippen molar-refractivity contribution in [1.82, 2.24) is 4.90 Å². The molecule has 6 nitrogen and oxygen atoms in total. The zero-order valence-corrected chi connectivity index (χ0v) is 12.9. The van der Waals surface area contributed by atoms with Crippen LogP contribution in [-0.2, 0) is 0 Å². The molecule has 0 atom stereocenters. The second-order valence-corrected chi connectivity index (χ2v) is 5.00. The van der Waals surface area contributed by atoms with E-state index in [1.807, 2.05) is 13.8 Å². The molecule has 0 bridgehead atoms. The van der Waals surface area contributed by atoms with E-state index in [-0.39, 0.29) is 17.2 Å². The summed E-state index contributed by atoms with van der Waals surface area (Å²) in [4.78, 5) is 24.5. The molecule has 0 saturated carbocycles. The van der Waals surface area contributed by atoms with Gasteiger partial charge in [0.1, 0.15) is 5.56 Å². The van der Waals surface area contributed by atoms with Crippen molar-refractivity contribution in [2.45, 2.75) is 33.1 Å². The van der Waals surface area contributed by atoms with Crippen molar-refractivity contribution in [2.75, 3.05) is 25.5 Å². The maximum atomic E-state index is 12.4. The summed E-state index contributed by atoms with van der Waals surface area (Å²) in [6.07, 6.45) is 2.79. The second-order valence-electron chi connectivity index (χ2n) is 5.00. The van der Waals surface area contributed by atoms with E-state index in [0.29, 0.717) is 6.54 Å². The maximum absolute atomic E-state index is 12.4. The van der Waals surface area contributed by atoms with Crippen molar-refractivity contribution in [3.05, 3.63) is 33.9 Å². The predicted octanol–water partition coefficient (Wildman–Crippen LogP) is 3.29. The summed E-state index contributed by atoms with van der Waals surface area (Å²) in [5.74, 6) is -0.310. The van der Waals surface area contributed by atoms with Gasteiger partial charge in [0.05, 0.1) is 4.92 Å². The third-order valence-electron chi connectivity index (χ3n) is 3.20. The Morgan fingerprint density at radius 3 is 2.62 bits per heavy atom. The van der Waals surface area contributed by atoms with Crippen LogP contribution < -0.4 is 5.32 Å². The molecule has 6 heteroatoms. The molecule has 0 unspecified atom stereocenters. The summed E-state index contributed by atoms with van der Waals surface area (Å²) in [5, 5.41) is 14.2. The molecule has 1 aromatic carbocycles. The molecule has 1 aromatic rings. The first-order valence-corrected chi connectivity index (χ1v) is 7.29. The minimum Gasteiger partial charge on any atom is -0.385 e. The van der Waals surface area contributed by atoms with Crippen molar-refractivity contribution in [1.29, 1.82) is 0 Å². The summed E-state index contributed by atoms with van der Waals surface area (Å²) >= 11 is 0. The molecule has 0 heterocycles. The van der Waals surface area contributed by atoms with Crippen LogP contribution in [0.4, 0.5) is 11.4 Å². The first kappa shape index (κ1) is 16.9. The van der Waals surface area contributed by atoms with Gasteiger partial charge in [0.25, 0.3) is 11.6 Å². The molecule has 0 saturated heterocycles. The number of carbonyl (C=O) groups excluding carboxylic acids is 1. The summed E-state index contributed by atoms with van der Waals surface area (Å²) < 4.78 is 0. The van der Waals surface area contributed by atoms with Gasteiger partial charge in [-0.2, -0.15) is 0 Å². The molecular weight excluding hydrogens is 270 g/mol. The van der Waals surface area contributed by atoms with E-state index in [0.717, 1.165) is 31.5 Å². The summed E-state index contributed by atoms with van der Waals surface area (Å²) in [7, 11) is 1.67. The number of amides is 1. The molecule has 0 aliphatic rings. The molecular formula is C15H23N3O3. The van der Waals surface area contributed by atoms with E-state index in [4.69, 9.17) is 0 Å². The van der Waals surface area contributed by atoms with E-state index in [9.17, 15) is 14.9 Å². The molecule has 0 aromatic heterocycles. The van der Waals surface area contributed by atoms with Crippen molar-refractivity contribution >= 4 is 17.3 Å². The Hall–Kier alpha value is -2.11. The number of nitrogens with zero attached hydrogens (tertiary/aromatic N) is 2. The molecule has 1 N–H and O–H groups in total. The Balaban J connectivity index is 3.04. The van der Waals surface area contributed by atoms with Crippen LogP contribution in [0.2, 0.25) is 0 Å². The fraction of sp³-hybridized carbons (Fsp3) is 0.533. The number of nitrogens with one attached hydrogen (secondary N) is 1. The van der Waals surface area contributed by atoms with Gasteiger partial charge in [-0.05, 0) is 25.0 Å². The number of unbranched alkanes of at least 4 members (excludes halogenated alkanes) is 1. The van der Waals surface area contributed by atoms with Gasteiger partial charge in [-0.1, -0.05) is 20.3 Å². The lowest BCUT2D eigenvalue weighted by Gasteiger charge is -2.17. The standard InChI is InChI=1S/C15H23N3O3/c1-4-6-10-17(3)15(19)13-11-12(16-9-5-2)7-8-14(13)18(20)21/h7-8,11,16H,4-6,9-10H2,1-3H3. The van der Waals surface area contributed by atoms with E-state index in [2.05, 4.69) is 5.32 Å². The number of rotatable bonds is 8. The number of hydrogen-bond donors (Lipinski definition) is 1. The minimum absolute atomic E-state index is 0.139. The molecule has 0 aliphatic heterocycles. The van der Waals surface area contributed by atoms with Crippen molar-refractivity contribution in [2.24, 2.45) is 0 Å². The smallest absolute Gasteiger partial charge is 0.282 e. The number of nitro groups is 1. The first-order chi connectivity index (χ1) is 10.0. The Labute approximate surface area is 125 Å². The van der Waals surface area contributed by atoms with Gasteiger partial charge in [0.15, 0.2) is 0 Å². The molecule has 21 heavy (non-hydrogen) atoms. The maximum Gasteiger partial charge on any atom is 0.282 e. The molecule has 1 rings (SSSR count). The van der Waals surface area contributed by atoms with E-state index in [1.165, 1.54) is 11.0 Å². The van der Waals surface area contributed by atoms with E-state index >= 15 is 0 Å². The van der Waals surface area contributed by atoms with Crippen LogP contribution in [0.3, 0.4) is 0 Å². The number of nitro benzene ring substituents is 1. The van der Waals surface area contributed by atoms with Crippen LogP contribution in [0.1, 0.15) is 43.5 Å². The zero-order chi connectivity index (χ0) is 15.8. The topological polar surface area (TPSA) is 75.5 Å². The monoisotopic (exact) mass is 293 g/mol. The lowest BCUT2D eigenvalue weighted by atomic mass is 10.1. The van der Waals surface area contributed by atoms with Gasteiger partial charge >= 0.3 is 0 Å². The average molecular weight is 293 g/mol. The largest absolute Gasteiger partial charge is 0.385 e. The van der Waals surface area contributed by atoms with Gasteiger partial charge in [0.2, 0.25) is 0 Å². The normalized spacial score (nSPS) is 10.2. The Kier molecular flexibility index (Phi) is 6.65. The second kappa shape index (κ2) is 8.24. The van der Waals surface area contributed by atoms with E-state index in [1.54, 1.807) is 19.2 Å². The predicted molar refractivity (Wildman–Crippen MR) is 83.7 cm³/mol. The van der Waals surface area contributed by atoms with Gasteiger partial charge in [-0.3, -0.25) is 14.9 Å².